The molecule has 2 aromatic rings. The molecule has 0 aliphatic carbocycles. The maximum absolute atomic E-state index is 13.0. The van der Waals surface area contributed by atoms with Crippen LogP contribution < -0.4 is 10.2 Å². The van der Waals surface area contributed by atoms with Crippen LogP contribution in [0.4, 0.5) is 11.4 Å². The van der Waals surface area contributed by atoms with Crippen LogP contribution in [0.2, 0.25) is 0 Å². The summed E-state index contributed by atoms with van der Waals surface area (Å²) in [6, 6.07) is 17.5. The van der Waals surface area contributed by atoms with E-state index in [-0.39, 0.29) is 28.7 Å². The summed E-state index contributed by atoms with van der Waals surface area (Å²) >= 11 is 1.48. The van der Waals surface area contributed by atoms with Gasteiger partial charge in [0, 0.05) is 48.4 Å². The predicted molar refractivity (Wildman–Crippen MR) is 126 cm³/mol. The molecule has 0 radical (unpaired) electrons. The van der Waals surface area contributed by atoms with Crippen LogP contribution in [0.1, 0.15) is 10.4 Å². The smallest absolute Gasteiger partial charge is 0.254 e. The lowest BCUT2D eigenvalue weighted by Gasteiger charge is -2.36. The lowest BCUT2D eigenvalue weighted by molar-refractivity contribution is 0.0747. The Kier molecular flexibility index (Phi) is 5.39. The van der Waals surface area contributed by atoms with Crippen molar-refractivity contribution < 1.29 is 13.2 Å². The van der Waals surface area contributed by atoms with Crippen molar-refractivity contribution in [3.8, 4) is 0 Å². The van der Waals surface area contributed by atoms with Crippen LogP contribution in [0.25, 0.3) is 0 Å². The van der Waals surface area contributed by atoms with E-state index in [2.05, 4.69) is 27.3 Å². The van der Waals surface area contributed by atoms with Gasteiger partial charge in [0.2, 0.25) is 0 Å². The van der Waals surface area contributed by atoms with Crippen molar-refractivity contribution in [1.29, 1.82) is 0 Å². The Morgan fingerprint density at radius 3 is 2.52 bits per heavy atom. The van der Waals surface area contributed by atoms with E-state index < -0.39 is 9.84 Å². The second kappa shape index (κ2) is 8.20. The molecule has 0 spiro atoms. The molecule has 31 heavy (non-hydrogen) atoms. The van der Waals surface area contributed by atoms with Gasteiger partial charge in [0.15, 0.2) is 15.0 Å². The number of benzene rings is 2. The minimum absolute atomic E-state index is 0.00164. The maximum Gasteiger partial charge on any atom is 0.254 e. The van der Waals surface area contributed by atoms with Crippen LogP contribution in [-0.2, 0) is 9.84 Å². The van der Waals surface area contributed by atoms with Gasteiger partial charge in [-0.3, -0.25) is 9.79 Å². The van der Waals surface area contributed by atoms with Crippen molar-refractivity contribution in [2.45, 2.75) is 11.3 Å². The minimum atomic E-state index is -2.96. The molecule has 7 nitrogen and oxygen atoms in total. The largest absolute Gasteiger partial charge is 0.368 e. The molecule has 1 amide bonds. The fraction of sp³-hybridized carbons (Fsp3) is 0.364. The number of hydrogen-bond acceptors (Lipinski definition) is 7. The quantitative estimate of drug-likeness (QED) is 0.764. The second-order valence-electron chi connectivity index (χ2n) is 8.06. The molecular weight excluding hydrogens is 432 g/mol. The van der Waals surface area contributed by atoms with E-state index >= 15 is 0 Å². The number of amidine groups is 1. The zero-order valence-corrected chi connectivity index (χ0v) is 18.6. The predicted octanol–water partition coefficient (Wildman–Crippen LogP) is 2.33. The van der Waals surface area contributed by atoms with Crippen molar-refractivity contribution >= 4 is 44.0 Å². The molecule has 5 rings (SSSR count). The number of hydrogen-bond donors (Lipinski definition) is 1. The Hall–Kier alpha value is -2.52. The Morgan fingerprint density at radius 1 is 1.00 bits per heavy atom. The topological polar surface area (TPSA) is 82.1 Å². The van der Waals surface area contributed by atoms with Gasteiger partial charge in [-0.2, -0.15) is 0 Å². The van der Waals surface area contributed by atoms with E-state index in [4.69, 9.17) is 0 Å². The van der Waals surface area contributed by atoms with E-state index in [9.17, 15) is 13.2 Å². The molecule has 2 fully saturated rings. The van der Waals surface area contributed by atoms with Crippen molar-refractivity contribution in [1.82, 2.24) is 4.90 Å². The molecule has 162 valence electrons. The number of rotatable bonds is 3. The number of anilines is 2. The summed E-state index contributed by atoms with van der Waals surface area (Å²) in [5.74, 6) is 0.341. The maximum atomic E-state index is 13.0. The monoisotopic (exact) mass is 456 g/mol. The van der Waals surface area contributed by atoms with Crippen molar-refractivity contribution in [2.75, 3.05) is 47.9 Å². The molecule has 2 saturated heterocycles. The van der Waals surface area contributed by atoms with Crippen LogP contribution >= 0.6 is 11.8 Å². The van der Waals surface area contributed by atoms with Crippen molar-refractivity contribution in [2.24, 2.45) is 4.99 Å². The Balaban J connectivity index is 1.21. The van der Waals surface area contributed by atoms with E-state index in [1.807, 2.05) is 47.4 Å². The average molecular weight is 457 g/mol. The van der Waals surface area contributed by atoms with Gasteiger partial charge in [-0.15, -0.1) is 0 Å². The molecule has 3 aliphatic heterocycles. The zero-order chi connectivity index (χ0) is 21.4. The van der Waals surface area contributed by atoms with Crippen LogP contribution in [0.15, 0.2) is 59.6 Å². The highest BCUT2D eigenvalue weighted by atomic mass is 32.2. The third-order valence-electron chi connectivity index (χ3n) is 5.87. The van der Waals surface area contributed by atoms with Crippen LogP contribution in [0.5, 0.6) is 0 Å². The van der Waals surface area contributed by atoms with Gasteiger partial charge in [0.25, 0.3) is 5.91 Å². The normalized spacial score (nSPS) is 24.6. The summed E-state index contributed by atoms with van der Waals surface area (Å²) in [6.07, 6.45) is 0. The van der Waals surface area contributed by atoms with Gasteiger partial charge < -0.3 is 15.1 Å². The summed E-state index contributed by atoms with van der Waals surface area (Å²) in [5.41, 5.74) is 2.63. The number of aliphatic imine (C=N–C) groups is 1. The molecule has 0 saturated carbocycles. The number of fused-ring (bicyclic) bond motifs is 1. The number of sulfone groups is 1. The number of nitrogens with zero attached hydrogens (tertiary/aromatic N) is 3. The molecular formula is C22H24N4O3S2. The van der Waals surface area contributed by atoms with Crippen LogP contribution in [0, 0.1) is 0 Å². The Morgan fingerprint density at radius 2 is 1.77 bits per heavy atom. The third-order valence-corrected chi connectivity index (χ3v) is 9.01. The average Bonchev–Trinajstić information content (AvgIpc) is 3.26. The van der Waals surface area contributed by atoms with Crippen molar-refractivity contribution in [3.63, 3.8) is 0 Å². The van der Waals surface area contributed by atoms with Gasteiger partial charge in [0.05, 0.1) is 17.5 Å². The number of thioether (sulfide) groups is 1. The first kappa shape index (κ1) is 20.4. The summed E-state index contributed by atoms with van der Waals surface area (Å²) in [7, 11) is -2.96. The standard InChI is InChI=1S/C22H24N4O3S2/c27-21(26-11-9-25(10-12-26)18-7-2-1-3-8-18)16-5-4-6-17(13-16)23-22-24-19-14-31(28,29)15-20(19)30-22/h1-8,13,19-20H,9-12,14-15H2,(H,23,24). The first-order chi connectivity index (χ1) is 15.0. The lowest BCUT2D eigenvalue weighted by Crippen LogP contribution is -2.48. The number of para-hydroxylation sites is 1. The highest BCUT2D eigenvalue weighted by molar-refractivity contribution is 8.15. The zero-order valence-electron chi connectivity index (χ0n) is 17.0. The Labute approximate surface area is 186 Å². The van der Waals surface area contributed by atoms with Gasteiger partial charge in [-0.05, 0) is 30.3 Å². The summed E-state index contributed by atoms with van der Waals surface area (Å²) in [4.78, 5) is 21.8. The SMILES string of the molecule is O=C(c1cccc(NC2=NC3CS(=O)(=O)CC3S2)c1)N1CCN(c2ccccc2)CC1. The number of carbonyl (C=O) groups excluding carboxylic acids is 1. The molecule has 2 unspecified atom stereocenters. The van der Waals surface area contributed by atoms with Crippen LogP contribution in [-0.4, -0.2) is 73.4 Å². The molecule has 0 aromatic heterocycles. The molecule has 3 heterocycles. The summed E-state index contributed by atoms with van der Waals surface area (Å²) < 4.78 is 23.5. The molecule has 3 aliphatic rings. The first-order valence-electron chi connectivity index (χ1n) is 10.4. The van der Waals surface area contributed by atoms with E-state index in [1.54, 1.807) is 0 Å². The molecule has 2 aromatic carbocycles. The minimum Gasteiger partial charge on any atom is -0.368 e. The molecule has 1 N–H and O–H groups in total. The van der Waals surface area contributed by atoms with E-state index in [1.165, 1.54) is 17.4 Å². The second-order valence-corrected chi connectivity index (χ2v) is 11.4. The highest BCUT2D eigenvalue weighted by Gasteiger charge is 2.42. The van der Waals surface area contributed by atoms with Gasteiger partial charge in [-0.1, -0.05) is 36.0 Å². The fourth-order valence-electron chi connectivity index (χ4n) is 4.26. The van der Waals surface area contributed by atoms with Gasteiger partial charge >= 0.3 is 0 Å². The summed E-state index contributed by atoms with van der Waals surface area (Å²) in [6.45, 7) is 3.00. The molecule has 9 heteroatoms. The molecule has 2 atom stereocenters. The van der Waals surface area contributed by atoms with Gasteiger partial charge in [-0.25, -0.2) is 8.42 Å². The highest BCUT2D eigenvalue weighted by Crippen LogP contribution is 2.34. The number of piperazine rings is 1. The third kappa shape index (κ3) is 4.43. The van der Waals surface area contributed by atoms with E-state index in [0.717, 1.165) is 23.9 Å². The number of nitrogens with one attached hydrogen (secondary N) is 1. The summed E-state index contributed by atoms with van der Waals surface area (Å²) in [5, 5.41) is 3.99. The lowest BCUT2D eigenvalue weighted by atomic mass is 10.1. The fourth-order valence-corrected chi connectivity index (χ4v) is 7.93. The Bertz CT molecular complexity index is 1110. The number of amides is 1. The molecule has 0 bridgehead atoms. The first-order valence-corrected chi connectivity index (χ1v) is 13.1. The van der Waals surface area contributed by atoms with Gasteiger partial charge in [0.1, 0.15) is 0 Å². The van der Waals surface area contributed by atoms with E-state index in [0.29, 0.717) is 18.7 Å². The van der Waals surface area contributed by atoms with Crippen molar-refractivity contribution in [3.05, 3.63) is 60.2 Å². The van der Waals surface area contributed by atoms with Crippen LogP contribution in [0.3, 0.4) is 0 Å². The number of carbonyl (C=O) groups is 1.